The van der Waals surface area contributed by atoms with Gasteiger partial charge in [-0.15, -0.1) is 11.8 Å². The number of hydrogen-bond acceptors (Lipinski definition) is 6. The largest absolute Gasteiger partial charge is 0.360 e. The Morgan fingerprint density at radius 1 is 1.37 bits per heavy atom. The topological polar surface area (TPSA) is 102 Å². The van der Waals surface area contributed by atoms with Crippen LogP contribution in [0.2, 0.25) is 0 Å². The lowest BCUT2D eigenvalue weighted by molar-refractivity contribution is -0.118. The number of carbonyl (C=O) groups is 2. The number of fused-ring (bicyclic) bond motifs is 1. The van der Waals surface area contributed by atoms with Crippen molar-refractivity contribution in [3.8, 4) is 0 Å². The smallest absolute Gasteiger partial charge is 0.238 e. The fraction of sp³-hybridized carbons (Fsp3) is 0.333. The Morgan fingerprint density at radius 2 is 2.22 bits per heavy atom. The highest BCUT2D eigenvalue weighted by Gasteiger charge is 2.16. The lowest BCUT2D eigenvalue weighted by Crippen LogP contribution is -2.30. The van der Waals surface area contributed by atoms with Gasteiger partial charge in [0.15, 0.2) is 5.82 Å². The maximum Gasteiger partial charge on any atom is 0.238 e. The van der Waals surface area contributed by atoms with E-state index in [-0.39, 0.29) is 22.8 Å². The van der Waals surface area contributed by atoms with Crippen molar-refractivity contribution >= 4 is 35.0 Å². The van der Waals surface area contributed by atoms with Gasteiger partial charge in [-0.2, -0.15) is 0 Å². The molecule has 8 nitrogen and oxygen atoms in total. The van der Waals surface area contributed by atoms with E-state index in [1.807, 2.05) is 35.0 Å². The normalized spacial score (nSPS) is 12.1. The molecule has 0 saturated heterocycles. The highest BCUT2D eigenvalue weighted by molar-refractivity contribution is 8.01. The summed E-state index contributed by atoms with van der Waals surface area (Å²) in [6, 6.07) is 7.46. The Hall–Kier alpha value is -2.81. The molecule has 27 heavy (non-hydrogen) atoms. The van der Waals surface area contributed by atoms with Crippen LogP contribution in [0.15, 0.2) is 41.2 Å². The maximum atomic E-state index is 12.1. The van der Waals surface area contributed by atoms with Crippen LogP contribution in [0.5, 0.6) is 0 Å². The van der Waals surface area contributed by atoms with Crippen molar-refractivity contribution in [3.05, 3.63) is 48.1 Å². The molecule has 0 fully saturated rings. The lowest BCUT2D eigenvalue weighted by Gasteiger charge is -2.10. The monoisotopic (exact) mass is 387 g/mol. The molecule has 0 spiro atoms. The first-order valence-electron chi connectivity index (χ1n) is 8.56. The summed E-state index contributed by atoms with van der Waals surface area (Å²) in [6.45, 7) is 4.00. The van der Waals surface area contributed by atoms with Crippen LogP contribution in [-0.4, -0.2) is 43.9 Å². The van der Waals surface area contributed by atoms with Crippen molar-refractivity contribution in [3.63, 3.8) is 0 Å². The van der Waals surface area contributed by atoms with Gasteiger partial charge in [-0.25, -0.2) is 4.98 Å². The second-order valence-electron chi connectivity index (χ2n) is 6.06. The average Bonchev–Trinajstić information content (AvgIpc) is 3.24. The summed E-state index contributed by atoms with van der Waals surface area (Å²) < 4.78 is 6.85. The van der Waals surface area contributed by atoms with Crippen molar-refractivity contribution in [2.24, 2.45) is 0 Å². The Balaban J connectivity index is 1.36. The minimum absolute atomic E-state index is 0.110. The van der Waals surface area contributed by atoms with Crippen LogP contribution in [0.4, 0.5) is 5.82 Å². The third-order valence-corrected chi connectivity index (χ3v) is 4.97. The summed E-state index contributed by atoms with van der Waals surface area (Å²) in [6.07, 6.45) is 4.54. The molecule has 2 N–H and O–H groups in total. The fourth-order valence-corrected chi connectivity index (χ4v) is 3.13. The number of pyridine rings is 1. The summed E-state index contributed by atoms with van der Waals surface area (Å²) in [4.78, 5) is 28.5. The van der Waals surface area contributed by atoms with Crippen LogP contribution in [0.1, 0.15) is 18.4 Å². The van der Waals surface area contributed by atoms with Crippen LogP contribution in [0, 0.1) is 6.92 Å². The van der Waals surface area contributed by atoms with E-state index in [1.54, 1.807) is 19.9 Å². The van der Waals surface area contributed by atoms with Gasteiger partial charge in [0.1, 0.15) is 11.4 Å². The highest BCUT2D eigenvalue weighted by atomic mass is 32.2. The van der Waals surface area contributed by atoms with E-state index in [2.05, 4.69) is 20.8 Å². The van der Waals surface area contributed by atoms with Crippen molar-refractivity contribution in [1.29, 1.82) is 0 Å². The number of nitrogens with one attached hydrogen (secondary N) is 2. The average molecular weight is 387 g/mol. The van der Waals surface area contributed by atoms with E-state index < -0.39 is 0 Å². The fourth-order valence-electron chi connectivity index (χ4n) is 2.42. The van der Waals surface area contributed by atoms with E-state index in [4.69, 9.17) is 4.52 Å². The molecule has 0 aliphatic heterocycles. The molecule has 2 amide bonds. The second kappa shape index (κ2) is 8.72. The Labute approximate surface area is 160 Å². The number of rotatable bonds is 8. The molecular weight excluding hydrogens is 366 g/mol. The molecule has 1 atom stereocenters. The van der Waals surface area contributed by atoms with E-state index in [9.17, 15) is 9.59 Å². The van der Waals surface area contributed by atoms with Crippen molar-refractivity contribution in [1.82, 2.24) is 19.9 Å². The first kappa shape index (κ1) is 19.0. The Morgan fingerprint density at radius 3 is 2.96 bits per heavy atom. The summed E-state index contributed by atoms with van der Waals surface area (Å²) in [5, 5.41) is 8.84. The number of anilines is 1. The van der Waals surface area contributed by atoms with Crippen LogP contribution >= 0.6 is 11.8 Å². The molecule has 0 radical (unpaired) electrons. The van der Waals surface area contributed by atoms with E-state index in [1.165, 1.54) is 11.8 Å². The zero-order valence-corrected chi connectivity index (χ0v) is 16.0. The van der Waals surface area contributed by atoms with Gasteiger partial charge in [0.25, 0.3) is 0 Å². The second-order valence-corrected chi connectivity index (χ2v) is 7.39. The van der Waals surface area contributed by atoms with Gasteiger partial charge in [-0.05, 0) is 26.0 Å². The first-order chi connectivity index (χ1) is 13.0. The van der Waals surface area contributed by atoms with Crippen molar-refractivity contribution in [2.75, 3.05) is 17.6 Å². The molecule has 0 bridgehead atoms. The number of imidazole rings is 1. The van der Waals surface area contributed by atoms with Crippen LogP contribution in [0.25, 0.3) is 5.65 Å². The number of thioether (sulfide) groups is 1. The molecule has 3 aromatic heterocycles. The molecule has 3 rings (SSSR count). The molecular formula is C18H21N5O3S. The van der Waals surface area contributed by atoms with E-state index in [0.717, 1.165) is 11.3 Å². The maximum absolute atomic E-state index is 12.1. The summed E-state index contributed by atoms with van der Waals surface area (Å²) in [5.74, 6) is 0.876. The summed E-state index contributed by atoms with van der Waals surface area (Å²) in [5.41, 5.74) is 1.81. The number of carbonyl (C=O) groups excluding carboxylic acids is 2. The zero-order chi connectivity index (χ0) is 19.2. The molecule has 9 heteroatoms. The molecule has 0 aliphatic rings. The van der Waals surface area contributed by atoms with Gasteiger partial charge in [-0.1, -0.05) is 11.2 Å². The van der Waals surface area contributed by atoms with E-state index >= 15 is 0 Å². The predicted molar refractivity (Wildman–Crippen MR) is 104 cm³/mol. The van der Waals surface area contributed by atoms with Crippen molar-refractivity contribution in [2.45, 2.75) is 25.5 Å². The van der Waals surface area contributed by atoms with Gasteiger partial charge in [0.2, 0.25) is 11.8 Å². The van der Waals surface area contributed by atoms with Gasteiger partial charge in [0, 0.05) is 31.4 Å². The zero-order valence-electron chi connectivity index (χ0n) is 15.1. The lowest BCUT2D eigenvalue weighted by atomic mass is 10.3. The number of aryl methyl sites for hydroxylation is 1. The minimum atomic E-state index is -0.383. The number of hydrogen-bond donors (Lipinski definition) is 2. The van der Waals surface area contributed by atoms with Gasteiger partial charge >= 0.3 is 0 Å². The predicted octanol–water partition coefficient (Wildman–Crippen LogP) is 2.05. The Bertz CT molecular complexity index is 903. The van der Waals surface area contributed by atoms with Crippen LogP contribution in [-0.2, 0) is 16.0 Å². The van der Waals surface area contributed by atoms with Crippen molar-refractivity contribution < 1.29 is 14.1 Å². The molecule has 1 unspecified atom stereocenters. The summed E-state index contributed by atoms with van der Waals surface area (Å²) in [7, 11) is 0. The molecule has 3 aromatic rings. The third kappa shape index (κ3) is 5.33. The van der Waals surface area contributed by atoms with E-state index in [0.29, 0.717) is 24.5 Å². The highest BCUT2D eigenvalue weighted by Crippen LogP contribution is 2.14. The molecule has 3 heterocycles. The first-order valence-corrected chi connectivity index (χ1v) is 9.61. The van der Waals surface area contributed by atoms with Gasteiger partial charge in [-0.3, -0.25) is 9.59 Å². The molecule has 142 valence electrons. The standard InChI is InChI=1S/C18H21N5O3S/c1-12-9-15(22-26-12)21-18(25)13(2)27-11-17(24)19-7-6-14-10-23-8-4-3-5-16(23)20-14/h3-5,8-10,13H,6-7,11H2,1-2H3,(H,19,24)(H,21,22,25). The van der Waals surface area contributed by atoms with Gasteiger partial charge < -0.3 is 19.6 Å². The van der Waals surface area contributed by atoms with Crippen LogP contribution in [0.3, 0.4) is 0 Å². The minimum Gasteiger partial charge on any atom is -0.360 e. The summed E-state index contributed by atoms with van der Waals surface area (Å²) >= 11 is 1.27. The molecule has 0 aliphatic carbocycles. The van der Waals surface area contributed by atoms with Gasteiger partial charge in [0.05, 0.1) is 16.7 Å². The molecule has 0 saturated carbocycles. The van der Waals surface area contributed by atoms with Crippen LogP contribution < -0.4 is 10.6 Å². The Kier molecular flexibility index (Phi) is 6.12. The number of aromatic nitrogens is 3. The number of amides is 2. The SMILES string of the molecule is Cc1cc(NC(=O)C(C)SCC(=O)NCCc2cn3ccccc3n2)no1. The third-order valence-electron chi connectivity index (χ3n) is 3.83. The quantitative estimate of drug-likeness (QED) is 0.613. The molecule has 0 aromatic carbocycles. The number of nitrogens with zero attached hydrogens (tertiary/aromatic N) is 3.